The van der Waals surface area contributed by atoms with Crippen molar-refractivity contribution in [1.29, 1.82) is 0 Å². The Morgan fingerprint density at radius 3 is 2.46 bits per heavy atom. The summed E-state index contributed by atoms with van der Waals surface area (Å²) < 4.78 is 24.2. The zero-order valence-corrected chi connectivity index (χ0v) is 15.1. The summed E-state index contributed by atoms with van der Waals surface area (Å²) in [6, 6.07) is 19.0. The molecule has 6 nitrogen and oxygen atoms in total. The lowest BCUT2D eigenvalue weighted by molar-refractivity contribution is -0.133. The topological polar surface area (TPSA) is 76.7 Å². The van der Waals surface area contributed by atoms with E-state index in [2.05, 4.69) is 10.9 Å². The summed E-state index contributed by atoms with van der Waals surface area (Å²) in [6.07, 6.45) is -1.00. The number of ether oxygens (including phenoxy) is 2. The number of benzene rings is 3. The molecule has 0 aromatic heterocycles. The van der Waals surface area contributed by atoms with E-state index < -0.39 is 23.7 Å². The van der Waals surface area contributed by atoms with Gasteiger partial charge in [0.15, 0.2) is 24.3 Å². The Labute approximate surface area is 161 Å². The SMILES string of the molecule is CC(Oc1ccccc1F)C(=O)NNC(=O)COc1ccc2ccccc2c1. The van der Waals surface area contributed by atoms with Gasteiger partial charge >= 0.3 is 0 Å². The first-order valence-corrected chi connectivity index (χ1v) is 8.64. The predicted molar refractivity (Wildman–Crippen MR) is 102 cm³/mol. The molecule has 0 bridgehead atoms. The molecule has 7 heteroatoms. The van der Waals surface area contributed by atoms with E-state index in [1.807, 2.05) is 36.4 Å². The average Bonchev–Trinajstić information content (AvgIpc) is 2.71. The van der Waals surface area contributed by atoms with Crippen molar-refractivity contribution in [3.05, 3.63) is 72.5 Å². The summed E-state index contributed by atoms with van der Waals surface area (Å²) >= 11 is 0. The molecule has 0 saturated heterocycles. The number of hydrogen-bond donors (Lipinski definition) is 2. The van der Waals surface area contributed by atoms with Crippen molar-refractivity contribution in [3.8, 4) is 11.5 Å². The van der Waals surface area contributed by atoms with Crippen molar-refractivity contribution in [2.24, 2.45) is 0 Å². The van der Waals surface area contributed by atoms with Gasteiger partial charge in [0.1, 0.15) is 5.75 Å². The Balaban J connectivity index is 1.45. The van der Waals surface area contributed by atoms with Crippen molar-refractivity contribution in [3.63, 3.8) is 0 Å². The van der Waals surface area contributed by atoms with Gasteiger partial charge < -0.3 is 9.47 Å². The Kier molecular flexibility index (Phi) is 6.06. The maximum atomic E-state index is 13.5. The summed E-state index contributed by atoms with van der Waals surface area (Å²) in [7, 11) is 0. The number of halogens is 1. The molecule has 28 heavy (non-hydrogen) atoms. The molecule has 2 amide bonds. The van der Waals surface area contributed by atoms with E-state index in [9.17, 15) is 14.0 Å². The van der Waals surface area contributed by atoms with Crippen LogP contribution in [0.2, 0.25) is 0 Å². The Bertz CT molecular complexity index is 993. The van der Waals surface area contributed by atoms with Crippen molar-refractivity contribution >= 4 is 22.6 Å². The summed E-state index contributed by atoms with van der Waals surface area (Å²) in [5.74, 6) is -1.25. The molecule has 0 fully saturated rings. The van der Waals surface area contributed by atoms with Crippen LogP contribution in [0.4, 0.5) is 4.39 Å². The molecule has 3 aromatic carbocycles. The van der Waals surface area contributed by atoms with Gasteiger partial charge in [0.05, 0.1) is 0 Å². The molecular weight excluding hydrogens is 363 g/mol. The smallest absolute Gasteiger partial charge is 0.279 e. The molecule has 0 saturated carbocycles. The molecule has 0 spiro atoms. The number of nitrogens with one attached hydrogen (secondary N) is 2. The van der Waals surface area contributed by atoms with Crippen molar-refractivity contribution in [2.75, 3.05) is 6.61 Å². The third-order valence-electron chi connectivity index (χ3n) is 3.93. The molecule has 144 valence electrons. The highest BCUT2D eigenvalue weighted by atomic mass is 19.1. The Morgan fingerprint density at radius 1 is 0.964 bits per heavy atom. The zero-order valence-electron chi connectivity index (χ0n) is 15.1. The first kappa shape index (κ1) is 19.2. The lowest BCUT2D eigenvalue weighted by atomic mass is 10.1. The van der Waals surface area contributed by atoms with Crippen LogP contribution in [0.15, 0.2) is 66.7 Å². The number of hydrogen-bond acceptors (Lipinski definition) is 4. The number of carbonyl (C=O) groups excluding carboxylic acids is 2. The number of para-hydroxylation sites is 1. The van der Waals surface area contributed by atoms with Gasteiger partial charge in [-0.3, -0.25) is 20.4 Å². The van der Waals surface area contributed by atoms with E-state index >= 15 is 0 Å². The number of fused-ring (bicyclic) bond motifs is 1. The summed E-state index contributed by atoms with van der Waals surface area (Å²) in [4.78, 5) is 23.8. The molecule has 0 radical (unpaired) electrons. The monoisotopic (exact) mass is 382 g/mol. The van der Waals surface area contributed by atoms with E-state index in [-0.39, 0.29) is 12.4 Å². The summed E-state index contributed by atoms with van der Waals surface area (Å²) in [6.45, 7) is 1.17. The van der Waals surface area contributed by atoms with E-state index in [1.54, 1.807) is 12.1 Å². The lowest BCUT2D eigenvalue weighted by Gasteiger charge is -2.15. The molecule has 2 N–H and O–H groups in total. The van der Waals surface area contributed by atoms with Crippen LogP contribution in [0.1, 0.15) is 6.92 Å². The van der Waals surface area contributed by atoms with Crippen LogP contribution in [0.5, 0.6) is 11.5 Å². The highest BCUT2D eigenvalue weighted by molar-refractivity contribution is 5.86. The molecule has 0 aliphatic rings. The van der Waals surface area contributed by atoms with Gasteiger partial charge in [-0.15, -0.1) is 0 Å². The minimum Gasteiger partial charge on any atom is -0.484 e. The van der Waals surface area contributed by atoms with Crippen molar-refractivity contribution < 1.29 is 23.5 Å². The minimum atomic E-state index is -1.00. The first-order valence-electron chi connectivity index (χ1n) is 8.64. The molecule has 1 unspecified atom stereocenters. The Morgan fingerprint density at radius 2 is 1.68 bits per heavy atom. The van der Waals surface area contributed by atoms with Gasteiger partial charge in [0.25, 0.3) is 11.8 Å². The van der Waals surface area contributed by atoms with Gasteiger partial charge in [-0.1, -0.05) is 42.5 Å². The molecular formula is C21H19FN2O4. The molecule has 0 aliphatic heterocycles. The fraction of sp³-hybridized carbons (Fsp3) is 0.143. The number of carbonyl (C=O) groups is 2. The highest BCUT2D eigenvalue weighted by Gasteiger charge is 2.17. The second-order valence-corrected chi connectivity index (χ2v) is 6.03. The van der Waals surface area contributed by atoms with Gasteiger partial charge in [-0.05, 0) is 42.0 Å². The third kappa shape index (κ3) is 4.97. The standard InChI is InChI=1S/C21H19FN2O4/c1-14(28-19-9-5-4-8-18(19)22)21(26)24-23-20(25)13-27-17-11-10-15-6-2-3-7-16(15)12-17/h2-12,14H,13H2,1H3,(H,23,25)(H,24,26). The molecule has 0 heterocycles. The van der Waals surface area contributed by atoms with Crippen molar-refractivity contribution in [1.82, 2.24) is 10.9 Å². The van der Waals surface area contributed by atoms with Crippen LogP contribution >= 0.6 is 0 Å². The van der Waals surface area contributed by atoms with E-state index in [0.717, 1.165) is 10.8 Å². The third-order valence-corrected chi connectivity index (χ3v) is 3.93. The number of hydrazine groups is 1. The molecule has 0 aliphatic carbocycles. The molecule has 3 aromatic rings. The highest BCUT2D eigenvalue weighted by Crippen LogP contribution is 2.20. The van der Waals surface area contributed by atoms with Gasteiger partial charge in [0, 0.05) is 0 Å². The van der Waals surface area contributed by atoms with Crippen LogP contribution < -0.4 is 20.3 Å². The van der Waals surface area contributed by atoms with Gasteiger partial charge in [-0.25, -0.2) is 4.39 Å². The summed E-state index contributed by atoms with van der Waals surface area (Å²) in [5, 5.41) is 2.06. The zero-order chi connectivity index (χ0) is 19.9. The van der Waals surface area contributed by atoms with Crippen LogP contribution in [0.3, 0.4) is 0 Å². The lowest BCUT2D eigenvalue weighted by Crippen LogP contribution is -2.48. The second-order valence-electron chi connectivity index (χ2n) is 6.03. The largest absolute Gasteiger partial charge is 0.484 e. The first-order chi connectivity index (χ1) is 13.5. The van der Waals surface area contributed by atoms with Crippen molar-refractivity contribution in [2.45, 2.75) is 13.0 Å². The van der Waals surface area contributed by atoms with E-state index in [1.165, 1.54) is 25.1 Å². The average molecular weight is 382 g/mol. The van der Waals surface area contributed by atoms with Gasteiger partial charge in [-0.2, -0.15) is 0 Å². The predicted octanol–water partition coefficient (Wildman–Crippen LogP) is 2.97. The molecule has 3 rings (SSSR count). The summed E-state index contributed by atoms with van der Waals surface area (Å²) in [5.41, 5.74) is 4.46. The fourth-order valence-electron chi connectivity index (χ4n) is 2.46. The van der Waals surface area contributed by atoms with Crippen LogP contribution in [-0.4, -0.2) is 24.5 Å². The van der Waals surface area contributed by atoms with Crippen LogP contribution in [0, 0.1) is 5.82 Å². The van der Waals surface area contributed by atoms with E-state index in [0.29, 0.717) is 5.75 Å². The van der Waals surface area contributed by atoms with Crippen LogP contribution in [0.25, 0.3) is 10.8 Å². The van der Waals surface area contributed by atoms with Crippen LogP contribution in [-0.2, 0) is 9.59 Å². The maximum absolute atomic E-state index is 13.5. The Hall–Kier alpha value is -3.61. The molecule has 1 atom stereocenters. The minimum absolute atomic E-state index is 0.0453. The van der Waals surface area contributed by atoms with E-state index in [4.69, 9.17) is 9.47 Å². The second kappa shape index (κ2) is 8.85. The maximum Gasteiger partial charge on any atom is 0.279 e. The fourth-order valence-corrected chi connectivity index (χ4v) is 2.46. The quantitative estimate of drug-likeness (QED) is 0.643. The van der Waals surface area contributed by atoms with Gasteiger partial charge in [0.2, 0.25) is 0 Å². The normalized spacial score (nSPS) is 11.5. The number of rotatable bonds is 6. The number of amides is 2.